The SMILES string of the molecule is CN(C)C(=O)C1CCN(CC(=O)N2CCCCC2)CC1. The molecule has 2 heterocycles. The van der Waals surface area contributed by atoms with E-state index in [-0.39, 0.29) is 17.7 Å². The lowest BCUT2D eigenvalue weighted by Crippen LogP contribution is -2.46. The van der Waals surface area contributed by atoms with Gasteiger partial charge in [-0.3, -0.25) is 14.5 Å². The van der Waals surface area contributed by atoms with Crippen LogP contribution in [0.4, 0.5) is 0 Å². The Balaban J connectivity index is 1.73. The molecule has 0 aromatic carbocycles. The number of hydrogen-bond donors (Lipinski definition) is 0. The summed E-state index contributed by atoms with van der Waals surface area (Å²) >= 11 is 0. The van der Waals surface area contributed by atoms with Gasteiger partial charge in [0.05, 0.1) is 6.54 Å². The van der Waals surface area contributed by atoms with Crippen LogP contribution in [-0.2, 0) is 9.59 Å². The van der Waals surface area contributed by atoms with Crippen molar-refractivity contribution >= 4 is 11.8 Å². The molecule has 5 nitrogen and oxygen atoms in total. The van der Waals surface area contributed by atoms with E-state index in [2.05, 4.69) is 4.90 Å². The lowest BCUT2D eigenvalue weighted by molar-refractivity contribution is -0.135. The molecule has 0 saturated carbocycles. The summed E-state index contributed by atoms with van der Waals surface area (Å²) in [6.07, 6.45) is 5.30. The summed E-state index contributed by atoms with van der Waals surface area (Å²) in [6.45, 7) is 4.11. The summed E-state index contributed by atoms with van der Waals surface area (Å²) in [4.78, 5) is 30.0. The zero-order valence-electron chi connectivity index (χ0n) is 12.8. The first-order valence-electron chi connectivity index (χ1n) is 7.79. The standard InChI is InChI=1S/C15H27N3O2/c1-16(2)15(20)13-6-10-17(11-7-13)12-14(19)18-8-4-3-5-9-18/h13H,3-12H2,1-2H3. The fraction of sp³-hybridized carbons (Fsp3) is 0.867. The molecule has 0 atom stereocenters. The second-order valence-corrected chi connectivity index (χ2v) is 6.22. The lowest BCUT2D eigenvalue weighted by atomic mass is 9.95. The minimum atomic E-state index is 0.145. The number of hydrogen-bond acceptors (Lipinski definition) is 3. The van der Waals surface area contributed by atoms with Crippen LogP contribution >= 0.6 is 0 Å². The largest absolute Gasteiger partial charge is 0.349 e. The molecular weight excluding hydrogens is 254 g/mol. The van der Waals surface area contributed by atoms with Crippen LogP contribution in [0, 0.1) is 5.92 Å². The maximum atomic E-state index is 12.2. The van der Waals surface area contributed by atoms with Crippen molar-refractivity contribution in [3.8, 4) is 0 Å². The van der Waals surface area contributed by atoms with Crippen molar-refractivity contribution in [2.75, 3.05) is 46.8 Å². The van der Waals surface area contributed by atoms with Gasteiger partial charge < -0.3 is 9.80 Å². The zero-order valence-corrected chi connectivity index (χ0v) is 12.8. The summed E-state index contributed by atoms with van der Waals surface area (Å²) in [7, 11) is 3.63. The molecule has 2 saturated heterocycles. The van der Waals surface area contributed by atoms with E-state index in [1.807, 2.05) is 19.0 Å². The average Bonchev–Trinajstić information content (AvgIpc) is 2.48. The zero-order chi connectivity index (χ0) is 14.5. The molecule has 2 aliphatic rings. The van der Waals surface area contributed by atoms with Crippen LogP contribution < -0.4 is 0 Å². The highest BCUT2D eigenvalue weighted by atomic mass is 16.2. The summed E-state index contributed by atoms with van der Waals surface area (Å²) in [5.41, 5.74) is 0. The topological polar surface area (TPSA) is 43.9 Å². The first kappa shape index (κ1) is 15.3. The number of nitrogens with zero attached hydrogens (tertiary/aromatic N) is 3. The molecule has 0 radical (unpaired) electrons. The second-order valence-electron chi connectivity index (χ2n) is 6.22. The predicted octanol–water partition coefficient (Wildman–Crippen LogP) is 0.799. The summed E-state index contributed by atoms with van der Waals surface area (Å²) in [6, 6.07) is 0. The molecule has 0 aromatic heterocycles. The van der Waals surface area contributed by atoms with Gasteiger partial charge in [0.1, 0.15) is 0 Å². The van der Waals surface area contributed by atoms with Gasteiger partial charge in [0.15, 0.2) is 0 Å². The Labute approximate surface area is 121 Å². The van der Waals surface area contributed by atoms with Gasteiger partial charge in [-0.2, -0.15) is 0 Å². The van der Waals surface area contributed by atoms with Gasteiger partial charge in [0, 0.05) is 33.1 Å². The number of piperidine rings is 2. The van der Waals surface area contributed by atoms with Crippen LogP contribution in [0.25, 0.3) is 0 Å². The van der Waals surface area contributed by atoms with E-state index < -0.39 is 0 Å². The van der Waals surface area contributed by atoms with Crippen LogP contribution in [0.15, 0.2) is 0 Å². The quantitative estimate of drug-likeness (QED) is 0.768. The second kappa shape index (κ2) is 7.07. The van der Waals surface area contributed by atoms with Crippen LogP contribution in [0.5, 0.6) is 0 Å². The van der Waals surface area contributed by atoms with Crippen molar-refractivity contribution in [1.82, 2.24) is 14.7 Å². The Hall–Kier alpha value is -1.10. The van der Waals surface area contributed by atoms with Gasteiger partial charge in [-0.25, -0.2) is 0 Å². The van der Waals surface area contributed by atoms with E-state index >= 15 is 0 Å². The third-order valence-electron chi connectivity index (χ3n) is 4.45. The van der Waals surface area contributed by atoms with E-state index in [1.165, 1.54) is 6.42 Å². The summed E-state index contributed by atoms with van der Waals surface area (Å²) in [5, 5.41) is 0. The molecule has 5 heteroatoms. The molecule has 0 unspecified atom stereocenters. The molecule has 0 N–H and O–H groups in total. The number of likely N-dealkylation sites (tertiary alicyclic amines) is 2. The van der Waals surface area contributed by atoms with Gasteiger partial charge in [0.2, 0.25) is 11.8 Å². The first-order chi connectivity index (χ1) is 9.58. The normalized spacial score (nSPS) is 21.8. The monoisotopic (exact) mass is 281 g/mol. The molecule has 0 aliphatic carbocycles. The third-order valence-corrected chi connectivity index (χ3v) is 4.45. The number of amides is 2. The first-order valence-corrected chi connectivity index (χ1v) is 7.79. The van der Waals surface area contributed by atoms with E-state index in [1.54, 1.807) is 4.90 Å². The Morgan fingerprint density at radius 1 is 1.00 bits per heavy atom. The van der Waals surface area contributed by atoms with Crippen molar-refractivity contribution < 1.29 is 9.59 Å². The molecule has 2 aliphatic heterocycles. The van der Waals surface area contributed by atoms with Crippen molar-refractivity contribution in [2.45, 2.75) is 32.1 Å². The average molecular weight is 281 g/mol. The van der Waals surface area contributed by atoms with Gasteiger partial charge in [-0.1, -0.05) is 0 Å². The fourth-order valence-electron chi connectivity index (χ4n) is 3.14. The van der Waals surface area contributed by atoms with Crippen LogP contribution in [-0.4, -0.2) is 73.3 Å². The van der Waals surface area contributed by atoms with Crippen molar-refractivity contribution in [1.29, 1.82) is 0 Å². The van der Waals surface area contributed by atoms with E-state index in [9.17, 15) is 9.59 Å². The van der Waals surface area contributed by atoms with Crippen molar-refractivity contribution in [3.63, 3.8) is 0 Å². The minimum Gasteiger partial charge on any atom is -0.349 e. The molecule has 0 bridgehead atoms. The van der Waals surface area contributed by atoms with E-state index in [0.29, 0.717) is 6.54 Å². The number of carbonyl (C=O) groups excluding carboxylic acids is 2. The fourth-order valence-corrected chi connectivity index (χ4v) is 3.14. The molecule has 2 amide bonds. The highest BCUT2D eigenvalue weighted by Gasteiger charge is 2.27. The van der Waals surface area contributed by atoms with E-state index in [0.717, 1.165) is 51.9 Å². The molecule has 114 valence electrons. The summed E-state index contributed by atoms with van der Waals surface area (Å²) in [5.74, 6) is 0.639. The molecule has 2 rings (SSSR count). The Kier molecular flexibility index (Phi) is 5.40. The van der Waals surface area contributed by atoms with Crippen LogP contribution in [0.1, 0.15) is 32.1 Å². The molecule has 0 spiro atoms. The van der Waals surface area contributed by atoms with Crippen molar-refractivity contribution in [2.24, 2.45) is 5.92 Å². The van der Waals surface area contributed by atoms with Crippen LogP contribution in [0.3, 0.4) is 0 Å². The highest BCUT2D eigenvalue weighted by Crippen LogP contribution is 2.19. The van der Waals surface area contributed by atoms with E-state index in [4.69, 9.17) is 0 Å². The van der Waals surface area contributed by atoms with Gasteiger partial charge >= 0.3 is 0 Å². The third kappa shape index (κ3) is 3.95. The van der Waals surface area contributed by atoms with Gasteiger partial charge in [-0.05, 0) is 45.2 Å². The molecular formula is C15H27N3O2. The lowest BCUT2D eigenvalue weighted by Gasteiger charge is -2.34. The molecule has 0 aromatic rings. The maximum absolute atomic E-state index is 12.2. The van der Waals surface area contributed by atoms with Crippen molar-refractivity contribution in [3.05, 3.63) is 0 Å². The maximum Gasteiger partial charge on any atom is 0.236 e. The number of carbonyl (C=O) groups is 2. The molecule has 20 heavy (non-hydrogen) atoms. The van der Waals surface area contributed by atoms with Crippen LogP contribution in [0.2, 0.25) is 0 Å². The Bertz CT molecular complexity index is 343. The summed E-state index contributed by atoms with van der Waals surface area (Å²) < 4.78 is 0. The molecule has 2 fully saturated rings. The smallest absolute Gasteiger partial charge is 0.236 e. The van der Waals surface area contributed by atoms with Gasteiger partial charge in [0.25, 0.3) is 0 Å². The van der Waals surface area contributed by atoms with Gasteiger partial charge in [-0.15, -0.1) is 0 Å². The minimum absolute atomic E-state index is 0.145. The highest BCUT2D eigenvalue weighted by molar-refractivity contribution is 5.79. The Morgan fingerprint density at radius 2 is 1.60 bits per heavy atom. The number of rotatable bonds is 3. The Morgan fingerprint density at radius 3 is 2.15 bits per heavy atom. The predicted molar refractivity (Wildman–Crippen MR) is 78.3 cm³/mol.